The second kappa shape index (κ2) is 2.88. The summed E-state index contributed by atoms with van der Waals surface area (Å²) in [5, 5.41) is 3.63. The van der Waals surface area contributed by atoms with Gasteiger partial charge < -0.3 is 5.32 Å². The molecule has 2 nitrogen and oxygen atoms in total. The molecule has 10 heavy (non-hydrogen) atoms. The Morgan fingerprint density at radius 3 is 2.80 bits per heavy atom. The molecule has 3 heteroatoms. The Balaban J connectivity index is 3.04. The van der Waals surface area contributed by atoms with E-state index in [1.165, 1.54) is 0 Å². The number of aromatic nitrogens is 1. The summed E-state index contributed by atoms with van der Waals surface area (Å²) in [6, 6.07) is 1.91. The second-order valence-electron chi connectivity index (χ2n) is 2.07. The molecule has 54 valence electrons. The van der Waals surface area contributed by atoms with Gasteiger partial charge >= 0.3 is 0 Å². The molecule has 0 saturated heterocycles. The van der Waals surface area contributed by atoms with Crippen LogP contribution in [0.5, 0.6) is 0 Å². The van der Waals surface area contributed by atoms with Gasteiger partial charge in [0.1, 0.15) is 5.82 Å². The van der Waals surface area contributed by atoms with Gasteiger partial charge in [-0.25, -0.2) is 4.98 Å². The number of hydrogen-bond donors (Lipinski definition) is 1. The van der Waals surface area contributed by atoms with Crippen molar-refractivity contribution in [3.63, 3.8) is 0 Å². The van der Waals surface area contributed by atoms with Gasteiger partial charge in [0.25, 0.3) is 0 Å². The zero-order valence-corrected chi connectivity index (χ0v) is 6.74. The van der Waals surface area contributed by atoms with Gasteiger partial charge in [0.05, 0.1) is 5.02 Å². The fourth-order valence-corrected chi connectivity index (χ4v) is 0.779. The first kappa shape index (κ1) is 7.35. The molecule has 0 bridgehead atoms. The lowest BCUT2D eigenvalue weighted by Gasteiger charge is -2.00. The third-order valence-corrected chi connectivity index (χ3v) is 1.70. The van der Waals surface area contributed by atoms with Crippen molar-refractivity contribution in [2.75, 3.05) is 12.4 Å². The molecule has 0 radical (unpaired) electrons. The van der Waals surface area contributed by atoms with E-state index in [2.05, 4.69) is 10.3 Å². The molecule has 0 aliphatic heterocycles. The van der Waals surface area contributed by atoms with Gasteiger partial charge in [0.2, 0.25) is 0 Å². The molecule has 0 amide bonds. The number of rotatable bonds is 1. The predicted octanol–water partition coefficient (Wildman–Crippen LogP) is 2.09. The summed E-state index contributed by atoms with van der Waals surface area (Å²) in [6.07, 6.45) is 1.64. The van der Waals surface area contributed by atoms with E-state index >= 15 is 0 Å². The molecule has 1 aromatic rings. The quantitative estimate of drug-likeness (QED) is 0.674. The van der Waals surface area contributed by atoms with Crippen LogP contribution in [0.2, 0.25) is 5.02 Å². The summed E-state index contributed by atoms with van der Waals surface area (Å²) in [6.45, 7) is 1.95. The monoisotopic (exact) mass is 156 g/mol. The molecule has 0 unspecified atom stereocenters. The average molecular weight is 157 g/mol. The Labute approximate surface area is 65.2 Å². The molecule has 0 aromatic carbocycles. The zero-order chi connectivity index (χ0) is 7.56. The smallest absolute Gasteiger partial charge is 0.125 e. The second-order valence-corrected chi connectivity index (χ2v) is 2.48. The van der Waals surface area contributed by atoms with Crippen molar-refractivity contribution >= 4 is 17.4 Å². The topological polar surface area (TPSA) is 24.9 Å². The largest absolute Gasteiger partial charge is 0.373 e. The first-order valence-corrected chi connectivity index (χ1v) is 3.41. The third-order valence-electron chi connectivity index (χ3n) is 1.30. The molecule has 0 fully saturated rings. The van der Waals surface area contributed by atoms with Crippen LogP contribution >= 0.6 is 11.6 Å². The minimum atomic E-state index is 0.707. The van der Waals surface area contributed by atoms with Crippen molar-refractivity contribution in [3.05, 3.63) is 22.8 Å². The molecular formula is C7H9ClN2. The van der Waals surface area contributed by atoms with Crippen molar-refractivity contribution in [2.45, 2.75) is 6.92 Å². The molecule has 1 heterocycles. The lowest BCUT2D eigenvalue weighted by Crippen LogP contribution is -1.91. The highest BCUT2D eigenvalue weighted by Gasteiger charge is 1.95. The Hall–Kier alpha value is -0.760. The van der Waals surface area contributed by atoms with Crippen molar-refractivity contribution < 1.29 is 0 Å². The fourth-order valence-electron chi connectivity index (χ4n) is 0.676. The van der Waals surface area contributed by atoms with Crippen LogP contribution in [-0.4, -0.2) is 12.0 Å². The van der Waals surface area contributed by atoms with E-state index in [0.29, 0.717) is 5.02 Å². The molecule has 1 aromatic heterocycles. The Bertz CT molecular complexity index is 235. The van der Waals surface area contributed by atoms with Crippen molar-refractivity contribution in [2.24, 2.45) is 0 Å². The fraction of sp³-hybridized carbons (Fsp3) is 0.286. The lowest BCUT2D eigenvalue weighted by atomic mass is 10.3. The maximum Gasteiger partial charge on any atom is 0.125 e. The van der Waals surface area contributed by atoms with Gasteiger partial charge in [-0.3, -0.25) is 0 Å². The van der Waals surface area contributed by atoms with Gasteiger partial charge in [0.15, 0.2) is 0 Å². The maximum atomic E-state index is 5.75. The van der Waals surface area contributed by atoms with Crippen LogP contribution < -0.4 is 5.32 Å². The summed E-state index contributed by atoms with van der Waals surface area (Å²) < 4.78 is 0. The molecule has 0 aliphatic rings. The van der Waals surface area contributed by atoms with Crippen molar-refractivity contribution in [3.8, 4) is 0 Å². The summed E-state index contributed by atoms with van der Waals surface area (Å²) >= 11 is 5.75. The van der Waals surface area contributed by atoms with Crippen molar-refractivity contribution in [1.82, 2.24) is 4.98 Å². The molecule has 0 saturated carbocycles. The lowest BCUT2D eigenvalue weighted by molar-refractivity contribution is 1.26. The SMILES string of the molecule is CNc1cc(C)c(Cl)cn1. The highest BCUT2D eigenvalue weighted by Crippen LogP contribution is 2.15. The molecular weight excluding hydrogens is 148 g/mol. The number of pyridine rings is 1. The normalized spacial score (nSPS) is 9.50. The van der Waals surface area contributed by atoms with E-state index < -0.39 is 0 Å². The van der Waals surface area contributed by atoms with E-state index in [-0.39, 0.29) is 0 Å². The first-order valence-electron chi connectivity index (χ1n) is 3.04. The van der Waals surface area contributed by atoms with Crippen LogP contribution in [0, 0.1) is 6.92 Å². The minimum absolute atomic E-state index is 0.707. The summed E-state index contributed by atoms with van der Waals surface area (Å²) in [5.41, 5.74) is 1.04. The highest BCUT2D eigenvalue weighted by molar-refractivity contribution is 6.31. The van der Waals surface area contributed by atoms with Crippen molar-refractivity contribution in [1.29, 1.82) is 0 Å². The summed E-state index contributed by atoms with van der Waals surface area (Å²) in [5.74, 6) is 0.849. The summed E-state index contributed by atoms with van der Waals surface area (Å²) in [4.78, 5) is 4.01. The van der Waals surface area contributed by atoms with Crippen LogP contribution in [0.15, 0.2) is 12.3 Å². The number of anilines is 1. The number of hydrogen-bond acceptors (Lipinski definition) is 2. The van der Waals surface area contributed by atoms with Gasteiger partial charge in [-0.05, 0) is 18.6 Å². The number of aryl methyl sites for hydroxylation is 1. The minimum Gasteiger partial charge on any atom is -0.373 e. The first-order chi connectivity index (χ1) is 4.74. The molecule has 1 rings (SSSR count). The van der Waals surface area contributed by atoms with Gasteiger partial charge in [0, 0.05) is 13.2 Å². The van der Waals surface area contributed by atoms with Crippen LogP contribution in [0.3, 0.4) is 0 Å². The Morgan fingerprint density at radius 2 is 2.30 bits per heavy atom. The molecule has 1 N–H and O–H groups in total. The van der Waals surface area contributed by atoms with Crippen LogP contribution in [-0.2, 0) is 0 Å². The highest BCUT2D eigenvalue weighted by atomic mass is 35.5. The Morgan fingerprint density at radius 1 is 1.60 bits per heavy atom. The molecule has 0 atom stereocenters. The Kier molecular flexibility index (Phi) is 2.12. The van der Waals surface area contributed by atoms with Gasteiger partial charge in [-0.15, -0.1) is 0 Å². The number of halogens is 1. The summed E-state index contributed by atoms with van der Waals surface area (Å²) in [7, 11) is 1.83. The van der Waals surface area contributed by atoms with E-state index in [9.17, 15) is 0 Å². The van der Waals surface area contributed by atoms with Gasteiger partial charge in [-0.2, -0.15) is 0 Å². The maximum absolute atomic E-state index is 5.75. The zero-order valence-electron chi connectivity index (χ0n) is 5.98. The number of nitrogens with one attached hydrogen (secondary N) is 1. The van der Waals surface area contributed by atoms with Crippen LogP contribution in [0.1, 0.15) is 5.56 Å². The standard InChI is InChI=1S/C7H9ClN2/c1-5-3-7(9-2)10-4-6(5)8/h3-4H,1-2H3,(H,9,10). The van der Waals surface area contributed by atoms with E-state index in [0.717, 1.165) is 11.4 Å². The van der Waals surface area contributed by atoms with Crippen LogP contribution in [0.25, 0.3) is 0 Å². The van der Waals surface area contributed by atoms with Crippen LogP contribution in [0.4, 0.5) is 5.82 Å². The molecule has 0 aliphatic carbocycles. The average Bonchev–Trinajstić information content (AvgIpc) is 1.95. The van der Waals surface area contributed by atoms with E-state index in [1.54, 1.807) is 6.20 Å². The van der Waals surface area contributed by atoms with Gasteiger partial charge in [-0.1, -0.05) is 11.6 Å². The molecule has 0 spiro atoms. The van der Waals surface area contributed by atoms with E-state index in [1.807, 2.05) is 20.0 Å². The predicted molar refractivity (Wildman–Crippen MR) is 43.5 cm³/mol. The number of nitrogens with zero attached hydrogens (tertiary/aromatic N) is 1. The van der Waals surface area contributed by atoms with E-state index in [4.69, 9.17) is 11.6 Å². The third kappa shape index (κ3) is 1.39.